The summed E-state index contributed by atoms with van der Waals surface area (Å²) in [5, 5.41) is 9.47. The molecule has 10 heteroatoms. The zero-order chi connectivity index (χ0) is 21.3. The molecule has 0 atom stereocenters. The summed E-state index contributed by atoms with van der Waals surface area (Å²) in [5.41, 5.74) is 1.52. The van der Waals surface area contributed by atoms with E-state index in [0.717, 1.165) is 11.8 Å². The Kier molecular flexibility index (Phi) is 5.29. The molecule has 0 bridgehead atoms. The van der Waals surface area contributed by atoms with Gasteiger partial charge in [0.1, 0.15) is 11.5 Å². The predicted molar refractivity (Wildman–Crippen MR) is 109 cm³/mol. The maximum atomic E-state index is 14.4. The number of ether oxygens (including phenoxy) is 2. The fraction of sp³-hybridized carbons (Fsp3) is 0.150. The van der Waals surface area contributed by atoms with Gasteiger partial charge < -0.3 is 14.5 Å². The molecule has 0 aliphatic carbocycles. The van der Waals surface area contributed by atoms with Crippen LogP contribution in [0.3, 0.4) is 0 Å². The van der Waals surface area contributed by atoms with E-state index >= 15 is 0 Å². The number of hydrogen-bond acceptors (Lipinski definition) is 7. The Morgan fingerprint density at radius 2 is 1.97 bits per heavy atom. The van der Waals surface area contributed by atoms with Crippen LogP contribution >= 0.6 is 15.9 Å². The number of rotatable bonds is 5. The molecule has 8 nitrogen and oxygen atoms in total. The number of fused-ring (bicyclic) bond motifs is 1. The third-order valence-corrected chi connectivity index (χ3v) is 5.07. The van der Waals surface area contributed by atoms with Crippen LogP contribution in [0.4, 0.5) is 4.39 Å². The van der Waals surface area contributed by atoms with Crippen LogP contribution in [0.2, 0.25) is 0 Å². The van der Waals surface area contributed by atoms with Crippen LogP contribution in [0, 0.1) is 24.1 Å². The molecule has 0 radical (unpaired) electrons. The van der Waals surface area contributed by atoms with E-state index in [0.29, 0.717) is 33.5 Å². The number of H-pyrrole nitrogens is 1. The van der Waals surface area contributed by atoms with Crippen LogP contribution in [0.25, 0.3) is 11.0 Å². The van der Waals surface area contributed by atoms with Crippen molar-refractivity contribution in [3.63, 3.8) is 0 Å². The molecule has 4 aromatic rings. The number of nitrogens with zero attached hydrogens (tertiary/aromatic N) is 5. The van der Waals surface area contributed by atoms with Gasteiger partial charge in [0.05, 0.1) is 33.9 Å². The van der Waals surface area contributed by atoms with Crippen molar-refractivity contribution in [2.75, 3.05) is 0 Å². The van der Waals surface area contributed by atoms with Gasteiger partial charge in [-0.05, 0) is 47.5 Å². The lowest BCUT2D eigenvalue weighted by Gasteiger charge is -2.09. The molecular weight excluding hydrogens is 455 g/mol. The monoisotopic (exact) mass is 468 g/mol. The largest absolute Gasteiger partial charge is 0.435 e. The second kappa shape index (κ2) is 8.04. The molecule has 0 spiro atoms. The normalized spacial score (nSPS) is 10.8. The van der Waals surface area contributed by atoms with Gasteiger partial charge >= 0.3 is 6.01 Å². The molecule has 0 aliphatic rings. The van der Waals surface area contributed by atoms with Crippen molar-refractivity contribution in [3.8, 4) is 29.5 Å². The van der Waals surface area contributed by atoms with Crippen molar-refractivity contribution < 1.29 is 13.9 Å². The Bertz CT molecular complexity index is 1280. The standard InChI is InChI=1S/C20H14BrFN6O2/c1-3-14-17(21)16-18(26-14)27-20(29-12-8-24-10(2)25-9-12)28-19(16)30-15-5-4-11(7-23)6-13(15)22/h4-6,8-9H,3H2,1-2H3,(H,26,27,28). The first-order valence-corrected chi connectivity index (χ1v) is 9.70. The lowest BCUT2D eigenvalue weighted by Crippen LogP contribution is -1.98. The van der Waals surface area contributed by atoms with Gasteiger partial charge in [-0.3, -0.25) is 0 Å². The topological polar surface area (TPSA) is 110 Å². The minimum Gasteiger partial charge on any atom is -0.435 e. The van der Waals surface area contributed by atoms with Gasteiger partial charge in [-0.25, -0.2) is 14.4 Å². The van der Waals surface area contributed by atoms with Crippen LogP contribution in [0.1, 0.15) is 24.0 Å². The molecule has 0 unspecified atom stereocenters. The van der Waals surface area contributed by atoms with Gasteiger partial charge in [0.25, 0.3) is 0 Å². The smallest absolute Gasteiger partial charge is 0.327 e. The van der Waals surface area contributed by atoms with Gasteiger partial charge in [-0.1, -0.05) is 6.92 Å². The van der Waals surface area contributed by atoms with Crippen LogP contribution in [-0.4, -0.2) is 24.9 Å². The highest BCUT2D eigenvalue weighted by atomic mass is 79.9. The third-order valence-electron chi connectivity index (χ3n) is 4.20. The van der Waals surface area contributed by atoms with Crippen LogP contribution in [0.5, 0.6) is 23.4 Å². The van der Waals surface area contributed by atoms with E-state index in [1.807, 2.05) is 13.0 Å². The van der Waals surface area contributed by atoms with Gasteiger partial charge in [0.2, 0.25) is 5.88 Å². The molecule has 0 amide bonds. The molecule has 0 aliphatic heterocycles. The molecule has 0 fully saturated rings. The van der Waals surface area contributed by atoms with Gasteiger partial charge in [-0.2, -0.15) is 15.2 Å². The number of aromatic nitrogens is 5. The SMILES string of the molecule is CCc1[nH]c2nc(Oc3cnc(C)nc3)nc(Oc3ccc(C#N)cc3F)c2c1Br. The summed E-state index contributed by atoms with van der Waals surface area (Å²) >= 11 is 3.53. The Balaban J connectivity index is 1.80. The molecule has 1 N–H and O–H groups in total. The van der Waals surface area contributed by atoms with Crippen molar-refractivity contribution in [3.05, 3.63) is 58.0 Å². The van der Waals surface area contributed by atoms with Crippen molar-refractivity contribution in [2.45, 2.75) is 20.3 Å². The predicted octanol–water partition coefficient (Wildman–Crippen LogP) is 4.98. The molecule has 3 heterocycles. The van der Waals surface area contributed by atoms with E-state index in [1.54, 1.807) is 6.92 Å². The Morgan fingerprint density at radius 3 is 2.63 bits per heavy atom. The van der Waals surface area contributed by atoms with Crippen molar-refractivity contribution in [1.29, 1.82) is 5.26 Å². The second-order valence-corrected chi connectivity index (χ2v) is 7.03. The highest BCUT2D eigenvalue weighted by Crippen LogP contribution is 2.38. The zero-order valence-corrected chi connectivity index (χ0v) is 17.5. The fourth-order valence-corrected chi connectivity index (χ4v) is 3.45. The van der Waals surface area contributed by atoms with E-state index in [2.05, 4.69) is 40.8 Å². The van der Waals surface area contributed by atoms with E-state index in [-0.39, 0.29) is 23.2 Å². The molecule has 1 aromatic carbocycles. The first-order valence-electron chi connectivity index (χ1n) is 8.90. The average molecular weight is 469 g/mol. The average Bonchev–Trinajstić information content (AvgIpc) is 3.07. The maximum absolute atomic E-state index is 14.4. The maximum Gasteiger partial charge on any atom is 0.327 e. The Labute approximate surface area is 178 Å². The molecule has 4 rings (SSSR count). The second-order valence-electron chi connectivity index (χ2n) is 6.23. The lowest BCUT2D eigenvalue weighted by atomic mass is 10.2. The summed E-state index contributed by atoms with van der Waals surface area (Å²) < 4.78 is 26.5. The van der Waals surface area contributed by atoms with E-state index in [4.69, 9.17) is 14.7 Å². The zero-order valence-electron chi connectivity index (χ0n) is 15.9. The number of halogens is 2. The number of aromatic amines is 1. The summed E-state index contributed by atoms with van der Waals surface area (Å²) in [4.78, 5) is 20.0. The lowest BCUT2D eigenvalue weighted by molar-refractivity contribution is 0.402. The molecule has 0 saturated heterocycles. The first kappa shape index (κ1) is 19.7. The van der Waals surface area contributed by atoms with Crippen molar-refractivity contribution in [1.82, 2.24) is 24.9 Å². The van der Waals surface area contributed by atoms with Crippen molar-refractivity contribution in [2.24, 2.45) is 0 Å². The Hall–Kier alpha value is -3.58. The highest BCUT2D eigenvalue weighted by Gasteiger charge is 2.20. The van der Waals surface area contributed by atoms with Crippen LogP contribution in [0.15, 0.2) is 35.1 Å². The number of hydrogen-bond donors (Lipinski definition) is 1. The molecule has 3 aromatic heterocycles. The summed E-state index contributed by atoms with van der Waals surface area (Å²) in [7, 11) is 0. The minimum absolute atomic E-state index is 0.0181. The quantitative estimate of drug-likeness (QED) is 0.439. The van der Waals surface area contributed by atoms with Crippen LogP contribution < -0.4 is 9.47 Å². The number of benzene rings is 1. The fourth-order valence-electron chi connectivity index (χ4n) is 2.72. The van der Waals surface area contributed by atoms with E-state index < -0.39 is 5.82 Å². The summed E-state index contributed by atoms with van der Waals surface area (Å²) in [6.45, 7) is 3.73. The van der Waals surface area contributed by atoms with Gasteiger partial charge in [0.15, 0.2) is 17.3 Å². The van der Waals surface area contributed by atoms with Crippen LogP contribution in [-0.2, 0) is 6.42 Å². The number of aryl methyl sites for hydroxylation is 2. The first-order chi connectivity index (χ1) is 14.5. The summed E-state index contributed by atoms with van der Waals surface area (Å²) in [5.74, 6) is 0.272. The number of nitrogens with one attached hydrogen (secondary N) is 1. The van der Waals surface area contributed by atoms with Gasteiger partial charge in [0, 0.05) is 5.69 Å². The summed E-state index contributed by atoms with van der Waals surface area (Å²) in [6, 6.07) is 5.79. The molecule has 30 heavy (non-hydrogen) atoms. The highest BCUT2D eigenvalue weighted by molar-refractivity contribution is 9.10. The Morgan fingerprint density at radius 1 is 1.20 bits per heavy atom. The molecular formula is C20H14BrFN6O2. The summed E-state index contributed by atoms with van der Waals surface area (Å²) in [6.07, 6.45) is 3.70. The third kappa shape index (κ3) is 3.79. The molecule has 0 saturated carbocycles. The van der Waals surface area contributed by atoms with Crippen molar-refractivity contribution >= 4 is 27.0 Å². The number of nitriles is 1. The molecule has 150 valence electrons. The minimum atomic E-state index is -0.683. The van der Waals surface area contributed by atoms with Gasteiger partial charge in [-0.15, -0.1) is 0 Å². The van der Waals surface area contributed by atoms with E-state index in [1.165, 1.54) is 24.5 Å². The van der Waals surface area contributed by atoms with E-state index in [9.17, 15) is 4.39 Å².